The van der Waals surface area contributed by atoms with Crippen LogP contribution in [0.4, 0.5) is 5.69 Å². The molecule has 1 atom stereocenters. The van der Waals surface area contributed by atoms with Crippen LogP contribution in [0.3, 0.4) is 0 Å². The number of aromatic nitrogens is 2. The normalized spacial score (nSPS) is 12.2. The Labute approximate surface area is 157 Å². The number of nitrogens with one attached hydrogen (secondary N) is 1. The van der Waals surface area contributed by atoms with E-state index in [2.05, 4.69) is 27.4 Å². The Hall–Kier alpha value is -2.63. The van der Waals surface area contributed by atoms with Gasteiger partial charge in [-0.05, 0) is 31.8 Å². The zero-order valence-corrected chi connectivity index (χ0v) is 15.5. The van der Waals surface area contributed by atoms with Crippen molar-refractivity contribution in [2.24, 2.45) is 0 Å². The van der Waals surface area contributed by atoms with E-state index < -0.39 is 0 Å². The monoisotopic (exact) mass is 368 g/mol. The molecule has 1 N–H and O–H groups in total. The van der Waals surface area contributed by atoms with E-state index in [0.717, 1.165) is 0 Å². The summed E-state index contributed by atoms with van der Waals surface area (Å²) >= 11 is 6.31. The summed E-state index contributed by atoms with van der Waals surface area (Å²) < 4.78 is 1.30. The van der Waals surface area contributed by atoms with Crippen LogP contribution in [0.1, 0.15) is 11.6 Å². The standard InChI is InChI=1S/C20H21ClN4O/c1-24(2)18(15-9-5-3-6-10-15)14-22-17-13-23-25(20(26)19(17)21)16-11-7-4-8-12-16/h3-13,18,22H,14H2,1-2H3/t18-/m1/s1. The molecule has 0 aliphatic rings. The summed E-state index contributed by atoms with van der Waals surface area (Å²) in [7, 11) is 4.04. The van der Waals surface area contributed by atoms with E-state index in [0.29, 0.717) is 17.9 Å². The number of likely N-dealkylation sites (N-methyl/N-ethyl adjacent to an activating group) is 1. The van der Waals surface area contributed by atoms with Crippen molar-refractivity contribution < 1.29 is 0 Å². The zero-order valence-electron chi connectivity index (χ0n) is 14.8. The van der Waals surface area contributed by atoms with Gasteiger partial charge in [0.25, 0.3) is 5.56 Å². The molecule has 0 spiro atoms. The van der Waals surface area contributed by atoms with Gasteiger partial charge in [0, 0.05) is 6.54 Å². The molecule has 0 aliphatic carbocycles. The van der Waals surface area contributed by atoms with Crippen molar-refractivity contribution in [1.29, 1.82) is 0 Å². The number of halogens is 1. The summed E-state index contributed by atoms with van der Waals surface area (Å²) in [6.07, 6.45) is 1.59. The van der Waals surface area contributed by atoms with Crippen LogP contribution in [0.25, 0.3) is 5.69 Å². The summed E-state index contributed by atoms with van der Waals surface area (Å²) in [5.41, 5.74) is 2.06. The van der Waals surface area contributed by atoms with Crippen molar-refractivity contribution in [1.82, 2.24) is 14.7 Å². The Morgan fingerprint density at radius 1 is 1.08 bits per heavy atom. The first-order valence-electron chi connectivity index (χ1n) is 8.36. The molecule has 134 valence electrons. The van der Waals surface area contributed by atoms with E-state index in [1.807, 2.05) is 62.6 Å². The highest BCUT2D eigenvalue weighted by Crippen LogP contribution is 2.21. The fourth-order valence-electron chi connectivity index (χ4n) is 2.79. The third-order valence-corrected chi connectivity index (χ3v) is 4.58. The van der Waals surface area contributed by atoms with E-state index in [1.54, 1.807) is 6.20 Å². The maximum atomic E-state index is 12.6. The van der Waals surface area contributed by atoms with E-state index in [-0.39, 0.29) is 16.6 Å². The number of anilines is 1. The quantitative estimate of drug-likeness (QED) is 0.722. The Balaban J connectivity index is 1.82. The zero-order chi connectivity index (χ0) is 18.5. The molecule has 6 heteroatoms. The summed E-state index contributed by atoms with van der Waals surface area (Å²) in [5.74, 6) is 0. The molecule has 2 aromatic carbocycles. The van der Waals surface area contributed by atoms with Gasteiger partial charge in [-0.1, -0.05) is 60.1 Å². The van der Waals surface area contributed by atoms with Crippen LogP contribution in [-0.2, 0) is 0 Å². The number of rotatable bonds is 6. The summed E-state index contributed by atoms with van der Waals surface area (Å²) in [5, 5.41) is 7.65. The molecular weight excluding hydrogens is 348 g/mol. The molecule has 0 amide bonds. The number of benzene rings is 2. The Morgan fingerprint density at radius 3 is 2.31 bits per heavy atom. The molecule has 1 aromatic heterocycles. The molecule has 3 rings (SSSR count). The van der Waals surface area contributed by atoms with Crippen molar-refractivity contribution in [2.75, 3.05) is 26.0 Å². The maximum Gasteiger partial charge on any atom is 0.292 e. The molecule has 5 nitrogen and oxygen atoms in total. The van der Waals surface area contributed by atoms with Crippen molar-refractivity contribution in [3.63, 3.8) is 0 Å². The predicted molar refractivity (Wildman–Crippen MR) is 106 cm³/mol. The topological polar surface area (TPSA) is 50.2 Å². The lowest BCUT2D eigenvalue weighted by atomic mass is 10.1. The molecule has 0 saturated heterocycles. The summed E-state index contributed by atoms with van der Waals surface area (Å²) in [6.45, 7) is 0.604. The first-order chi connectivity index (χ1) is 12.6. The largest absolute Gasteiger partial charge is 0.380 e. The summed E-state index contributed by atoms with van der Waals surface area (Å²) in [4.78, 5) is 14.7. The molecule has 1 heterocycles. The van der Waals surface area contributed by atoms with Gasteiger partial charge in [0.05, 0.1) is 23.6 Å². The van der Waals surface area contributed by atoms with Gasteiger partial charge in [-0.15, -0.1) is 0 Å². The summed E-state index contributed by atoms with van der Waals surface area (Å²) in [6, 6.07) is 19.6. The Morgan fingerprint density at radius 2 is 1.69 bits per heavy atom. The minimum Gasteiger partial charge on any atom is -0.380 e. The van der Waals surface area contributed by atoms with Crippen molar-refractivity contribution >= 4 is 17.3 Å². The lowest BCUT2D eigenvalue weighted by Crippen LogP contribution is -2.28. The number of nitrogens with zero attached hydrogens (tertiary/aromatic N) is 3. The highest BCUT2D eigenvalue weighted by molar-refractivity contribution is 6.32. The first-order valence-corrected chi connectivity index (χ1v) is 8.74. The van der Waals surface area contributed by atoms with Crippen LogP contribution in [0, 0.1) is 0 Å². The third-order valence-electron chi connectivity index (χ3n) is 4.21. The average molecular weight is 369 g/mol. The Bertz CT molecular complexity index is 910. The second-order valence-electron chi connectivity index (χ2n) is 6.20. The third kappa shape index (κ3) is 3.95. The second-order valence-corrected chi connectivity index (χ2v) is 6.57. The maximum absolute atomic E-state index is 12.6. The number of hydrogen-bond acceptors (Lipinski definition) is 4. The molecule has 0 saturated carbocycles. The number of hydrogen-bond donors (Lipinski definition) is 1. The highest BCUT2D eigenvalue weighted by atomic mass is 35.5. The van der Waals surface area contributed by atoms with Crippen LogP contribution in [-0.4, -0.2) is 35.3 Å². The van der Waals surface area contributed by atoms with Crippen LogP contribution in [0.2, 0.25) is 5.02 Å². The fraction of sp³-hybridized carbons (Fsp3) is 0.200. The minimum absolute atomic E-state index is 0.134. The van der Waals surface area contributed by atoms with Crippen LogP contribution in [0.5, 0.6) is 0 Å². The second kappa shape index (κ2) is 8.17. The van der Waals surface area contributed by atoms with Crippen molar-refractivity contribution in [3.8, 4) is 5.69 Å². The molecular formula is C20H21ClN4O. The van der Waals surface area contributed by atoms with Gasteiger partial charge in [0.1, 0.15) is 5.02 Å². The molecule has 3 aromatic rings. The van der Waals surface area contributed by atoms with Crippen LogP contribution < -0.4 is 10.9 Å². The minimum atomic E-state index is -0.344. The lowest BCUT2D eigenvalue weighted by molar-refractivity contribution is 0.312. The van der Waals surface area contributed by atoms with Gasteiger partial charge in [0.15, 0.2) is 0 Å². The van der Waals surface area contributed by atoms with E-state index >= 15 is 0 Å². The smallest absolute Gasteiger partial charge is 0.292 e. The number of para-hydroxylation sites is 1. The van der Waals surface area contributed by atoms with Gasteiger partial charge in [-0.3, -0.25) is 4.79 Å². The SMILES string of the molecule is CN(C)[C@H](CNc1cnn(-c2ccccc2)c(=O)c1Cl)c1ccccc1. The fourth-order valence-corrected chi connectivity index (χ4v) is 2.99. The van der Waals surface area contributed by atoms with Crippen LogP contribution >= 0.6 is 11.6 Å². The van der Waals surface area contributed by atoms with E-state index in [1.165, 1.54) is 10.2 Å². The van der Waals surface area contributed by atoms with E-state index in [9.17, 15) is 4.79 Å². The Kier molecular flexibility index (Phi) is 5.71. The molecule has 0 fully saturated rings. The molecule has 0 unspecified atom stereocenters. The van der Waals surface area contributed by atoms with Gasteiger partial charge in [-0.25, -0.2) is 0 Å². The first kappa shape index (κ1) is 18.2. The van der Waals surface area contributed by atoms with Crippen molar-refractivity contribution in [3.05, 3.63) is 87.8 Å². The molecule has 0 radical (unpaired) electrons. The lowest BCUT2D eigenvalue weighted by Gasteiger charge is -2.25. The molecule has 0 aliphatic heterocycles. The molecule has 0 bridgehead atoms. The average Bonchev–Trinajstić information content (AvgIpc) is 2.66. The van der Waals surface area contributed by atoms with Gasteiger partial charge in [0.2, 0.25) is 0 Å². The van der Waals surface area contributed by atoms with Crippen molar-refractivity contribution in [2.45, 2.75) is 6.04 Å². The highest BCUT2D eigenvalue weighted by Gasteiger charge is 2.16. The van der Waals surface area contributed by atoms with Gasteiger partial charge < -0.3 is 10.2 Å². The van der Waals surface area contributed by atoms with Crippen LogP contribution in [0.15, 0.2) is 71.7 Å². The van der Waals surface area contributed by atoms with E-state index in [4.69, 9.17) is 11.6 Å². The predicted octanol–water partition coefficient (Wildman–Crippen LogP) is 3.60. The van der Waals surface area contributed by atoms with Gasteiger partial charge >= 0.3 is 0 Å². The molecule has 26 heavy (non-hydrogen) atoms. The van der Waals surface area contributed by atoms with Gasteiger partial charge in [-0.2, -0.15) is 9.78 Å².